The number of fused-ring (bicyclic) bond motifs is 2. The van der Waals surface area contributed by atoms with E-state index in [-0.39, 0.29) is 24.3 Å². The average molecular weight is 366 g/mol. The lowest BCUT2D eigenvalue weighted by atomic mass is 10.0. The van der Waals surface area contributed by atoms with E-state index in [0.29, 0.717) is 24.6 Å². The van der Waals surface area contributed by atoms with Crippen molar-refractivity contribution in [2.75, 3.05) is 18.1 Å². The molecule has 6 nitrogen and oxygen atoms in total. The van der Waals surface area contributed by atoms with Gasteiger partial charge in [-0.1, -0.05) is 30.3 Å². The number of para-hydroxylation sites is 3. The Morgan fingerprint density at radius 1 is 1.15 bits per heavy atom. The molecule has 0 saturated carbocycles. The minimum atomic E-state index is -0.551. The summed E-state index contributed by atoms with van der Waals surface area (Å²) in [6.07, 6.45) is 0.413. The topological polar surface area (TPSA) is 67.9 Å². The van der Waals surface area contributed by atoms with Crippen molar-refractivity contribution in [1.82, 2.24) is 5.32 Å². The van der Waals surface area contributed by atoms with Gasteiger partial charge in [-0.25, -0.2) is 0 Å². The summed E-state index contributed by atoms with van der Waals surface area (Å²) in [6, 6.07) is 15.1. The SMILES string of the molecule is CC1Oc2ccccc2N(CCC(=O)NC2CCOc3ccccc32)C1=O. The number of anilines is 1. The number of rotatable bonds is 4. The molecule has 2 aromatic carbocycles. The first-order valence-corrected chi connectivity index (χ1v) is 9.21. The summed E-state index contributed by atoms with van der Waals surface area (Å²) in [5, 5.41) is 3.08. The molecule has 4 rings (SSSR count). The number of carbonyl (C=O) groups excluding carboxylic acids is 2. The van der Waals surface area contributed by atoms with E-state index in [2.05, 4.69) is 5.32 Å². The first kappa shape index (κ1) is 17.4. The molecule has 1 N–H and O–H groups in total. The van der Waals surface area contributed by atoms with Crippen molar-refractivity contribution in [2.45, 2.75) is 31.9 Å². The fourth-order valence-corrected chi connectivity index (χ4v) is 3.56. The summed E-state index contributed by atoms with van der Waals surface area (Å²) in [6.45, 7) is 2.62. The van der Waals surface area contributed by atoms with Gasteiger partial charge in [-0.2, -0.15) is 0 Å². The average Bonchev–Trinajstić information content (AvgIpc) is 2.69. The van der Waals surface area contributed by atoms with Crippen molar-refractivity contribution in [3.05, 3.63) is 54.1 Å². The molecule has 2 atom stereocenters. The molecule has 2 amide bonds. The van der Waals surface area contributed by atoms with Gasteiger partial charge >= 0.3 is 0 Å². The number of hydrogen-bond donors (Lipinski definition) is 1. The quantitative estimate of drug-likeness (QED) is 0.904. The molecule has 2 unspecified atom stereocenters. The van der Waals surface area contributed by atoms with Crippen LogP contribution in [0, 0.1) is 0 Å². The summed E-state index contributed by atoms with van der Waals surface area (Å²) in [7, 11) is 0. The summed E-state index contributed by atoms with van der Waals surface area (Å²) in [4.78, 5) is 26.7. The van der Waals surface area contributed by atoms with Gasteiger partial charge < -0.3 is 19.7 Å². The van der Waals surface area contributed by atoms with Crippen LogP contribution in [0.25, 0.3) is 0 Å². The fourth-order valence-electron chi connectivity index (χ4n) is 3.56. The fraction of sp³-hybridized carbons (Fsp3) is 0.333. The van der Waals surface area contributed by atoms with Crippen LogP contribution in [0.2, 0.25) is 0 Å². The molecular weight excluding hydrogens is 344 g/mol. The maximum absolute atomic E-state index is 12.5. The second-order valence-corrected chi connectivity index (χ2v) is 6.76. The van der Waals surface area contributed by atoms with Crippen molar-refractivity contribution >= 4 is 17.5 Å². The van der Waals surface area contributed by atoms with Crippen LogP contribution in [0.5, 0.6) is 11.5 Å². The summed E-state index contributed by atoms with van der Waals surface area (Å²) in [5.41, 5.74) is 1.71. The van der Waals surface area contributed by atoms with Crippen LogP contribution in [-0.4, -0.2) is 31.1 Å². The van der Waals surface area contributed by atoms with Gasteiger partial charge in [0.2, 0.25) is 5.91 Å². The highest BCUT2D eigenvalue weighted by Crippen LogP contribution is 2.34. The molecule has 2 heterocycles. The number of hydrogen-bond acceptors (Lipinski definition) is 4. The number of nitrogens with zero attached hydrogens (tertiary/aromatic N) is 1. The Morgan fingerprint density at radius 3 is 2.74 bits per heavy atom. The third kappa shape index (κ3) is 3.47. The van der Waals surface area contributed by atoms with Crippen molar-refractivity contribution in [2.24, 2.45) is 0 Å². The van der Waals surface area contributed by atoms with Crippen LogP contribution in [0.3, 0.4) is 0 Å². The molecule has 0 saturated heterocycles. The summed E-state index contributed by atoms with van der Waals surface area (Å²) >= 11 is 0. The van der Waals surface area contributed by atoms with Crippen LogP contribution in [0.4, 0.5) is 5.69 Å². The van der Waals surface area contributed by atoms with E-state index in [0.717, 1.165) is 17.7 Å². The van der Waals surface area contributed by atoms with Crippen molar-refractivity contribution in [3.8, 4) is 11.5 Å². The Bertz CT molecular complexity index is 867. The lowest BCUT2D eigenvalue weighted by molar-refractivity contribution is -0.125. The highest BCUT2D eigenvalue weighted by molar-refractivity contribution is 6.00. The molecular formula is C21H22N2O4. The minimum absolute atomic E-state index is 0.0611. The number of ether oxygens (including phenoxy) is 2. The largest absolute Gasteiger partial charge is 0.493 e. The lowest BCUT2D eigenvalue weighted by Gasteiger charge is -2.33. The van der Waals surface area contributed by atoms with Crippen molar-refractivity contribution in [3.63, 3.8) is 0 Å². The van der Waals surface area contributed by atoms with E-state index < -0.39 is 6.10 Å². The Labute approximate surface area is 158 Å². The van der Waals surface area contributed by atoms with E-state index in [4.69, 9.17) is 9.47 Å². The zero-order valence-corrected chi connectivity index (χ0v) is 15.2. The molecule has 2 aliphatic rings. The smallest absolute Gasteiger partial charge is 0.267 e. The van der Waals surface area contributed by atoms with Gasteiger partial charge in [0.15, 0.2) is 6.10 Å². The molecule has 0 bridgehead atoms. The van der Waals surface area contributed by atoms with Crippen LogP contribution in [0.15, 0.2) is 48.5 Å². The molecule has 0 aliphatic carbocycles. The van der Waals surface area contributed by atoms with Gasteiger partial charge in [0.25, 0.3) is 5.91 Å². The van der Waals surface area contributed by atoms with E-state index in [1.807, 2.05) is 48.5 Å². The number of nitrogens with one attached hydrogen (secondary N) is 1. The van der Waals surface area contributed by atoms with Gasteiger partial charge in [-0.15, -0.1) is 0 Å². The Hall–Kier alpha value is -3.02. The third-order valence-corrected chi connectivity index (χ3v) is 4.93. The Morgan fingerprint density at radius 2 is 1.89 bits per heavy atom. The van der Waals surface area contributed by atoms with Crippen LogP contribution < -0.4 is 19.7 Å². The molecule has 0 fully saturated rings. The first-order valence-electron chi connectivity index (χ1n) is 9.21. The lowest BCUT2D eigenvalue weighted by Crippen LogP contribution is -2.46. The third-order valence-electron chi connectivity index (χ3n) is 4.93. The maximum Gasteiger partial charge on any atom is 0.267 e. The minimum Gasteiger partial charge on any atom is -0.493 e. The molecule has 0 spiro atoms. The number of carbonyl (C=O) groups is 2. The van der Waals surface area contributed by atoms with Gasteiger partial charge in [0.1, 0.15) is 11.5 Å². The van der Waals surface area contributed by atoms with Gasteiger partial charge in [0.05, 0.1) is 18.3 Å². The highest BCUT2D eigenvalue weighted by Gasteiger charge is 2.31. The van der Waals surface area contributed by atoms with Crippen LogP contribution in [-0.2, 0) is 9.59 Å². The predicted molar refractivity (Wildman–Crippen MR) is 101 cm³/mol. The van der Waals surface area contributed by atoms with Gasteiger partial charge in [-0.3, -0.25) is 9.59 Å². The molecule has 0 aromatic heterocycles. The van der Waals surface area contributed by atoms with Crippen molar-refractivity contribution < 1.29 is 19.1 Å². The Balaban J connectivity index is 1.42. The zero-order valence-electron chi connectivity index (χ0n) is 15.2. The predicted octanol–water partition coefficient (Wildman–Crippen LogP) is 2.83. The monoisotopic (exact) mass is 366 g/mol. The summed E-state index contributed by atoms with van der Waals surface area (Å²) < 4.78 is 11.3. The summed E-state index contributed by atoms with van der Waals surface area (Å²) in [5.74, 6) is 1.28. The highest BCUT2D eigenvalue weighted by atomic mass is 16.5. The van der Waals surface area contributed by atoms with E-state index in [9.17, 15) is 9.59 Å². The van der Waals surface area contributed by atoms with Gasteiger partial charge in [0, 0.05) is 24.9 Å². The normalized spacial score (nSPS) is 20.8. The number of benzene rings is 2. The van der Waals surface area contributed by atoms with Crippen molar-refractivity contribution in [1.29, 1.82) is 0 Å². The second kappa shape index (κ2) is 7.31. The maximum atomic E-state index is 12.5. The number of amides is 2. The molecule has 2 aliphatic heterocycles. The van der Waals surface area contributed by atoms with Gasteiger partial charge in [-0.05, 0) is 25.1 Å². The molecule has 27 heavy (non-hydrogen) atoms. The molecule has 2 aromatic rings. The van der Waals surface area contributed by atoms with Crippen LogP contribution >= 0.6 is 0 Å². The zero-order chi connectivity index (χ0) is 18.8. The molecule has 6 heteroatoms. The van der Waals surface area contributed by atoms with E-state index in [1.54, 1.807) is 11.8 Å². The Kier molecular flexibility index (Phi) is 4.71. The first-order chi connectivity index (χ1) is 13.1. The molecule has 140 valence electrons. The van der Waals surface area contributed by atoms with E-state index in [1.165, 1.54) is 0 Å². The second-order valence-electron chi connectivity index (χ2n) is 6.76. The van der Waals surface area contributed by atoms with E-state index >= 15 is 0 Å². The standard InChI is InChI=1S/C21H22N2O4/c1-14-21(25)23(17-7-3-5-9-19(17)27-14)12-10-20(24)22-16-11-13-26-18-8-4-2-6-15(16)18/h2-9,14,16H,10-13H2,1H3,(H,22,24). The molecule has 0 radical (unpaired) electrons. The van der Waals surface area contributed by atoms with Crippen LogP contribution in [0.1, 0.15) is 31.4 Å².